The Bertz CT molecular complexity index is 993. The van der Waals surface area contributed by atoms with Gasteiger partial charge in [0.1, 0.15) is 5.76 Å². The molecule has 4 rings (SSSR count). The van der Waals surface area contributed by atoms with Crippen LogP contribution in [0.5, 0.6) is 0 Å². The fourth-order valence-electron chi connectivity index (χ4n) is 5.53. The van der Waals surface area contributed by atoms with E-state index in [4.69, 9.17) is 32.6 Å². The van der Waals surface area contributed by atoms with Crippen molar-refractivity contribution in [2.24, 2.45) is 17.8 Å². The highest BCUT2D eigenvalue weighted by Crippen LogP contribution is 2.30. The van der Waals surface area contributed by atoms with Crippen LogP contribution in [0.1, 0.15) is 51.0 Å². The topological polar surface area (TPSA) is 61.6 Å². The molecule has 2 aliphatic rings. The molecule has 0 aliphatic carbocycles. The second-order valence-corrected chi connectivity index (χ2v) is 11.4. The second kappa shape index (κ2) is 12.1. The molecular weight excluding hydrogens is 483 g/mol. The number of benzene rings is 1. The Hall–Kier alpha value is -1.60. The van der Waals surface area contributed by atoms with E-state index in [1.54, 1.807) is 12.1 Å². The maximum atomic E-state index is 12.7. The van der Waals surface area contributed by atoms with Gasteiger partial charge in [-0.3, -0.25) is 9.69 Å². The Balaban J connectivity index is 1.19. The van der Waals surface area contributed by atoms with Gasteiger partial charge in [0.15, 0.2) is 0 Å². The number of hydrogen-bond acceptors (Lipinski definition) is 5. The Morgan fingerprint density at radius 2 is 1.83 bits per heavy atom. The molecule has 2 atom stereocenters. The highest BCUT2D eigenvalue weighted by atomic mass is 35.5. The van der Waals surface area contributed by atoms with Crippen LogP contribution in [0.3, 0.4) is 0 Å². The third-order valence-electron chi connectivity index (χ3n) is 7.29. The van der Waals surface area contributed by atoms with Gasteiger partial charge in [-0.15, -0.1) is 0 Å². The zero-order chi connectivity index (χ0) is 24.9. The summed E-state index contributed by atoms with van der Waals surface area (Å²) in [6.07, 6.45) is 4.12. The van der Waals surface area contributed by atoms with E-state index in [0.717, 1.165) is 80.8 Å². The SMILES string of the molecule is Cc1oc(-c2ccc(Cl)c(Cl)c2)nc1CN1CCC(C(=O)NCCCN2C[C@H](C)C[C@H](C)C2)CC1. The van der Waals surface area contributed by atoms with Crippen molar-refractivity contribution in [1.82, 2.24) is 20.1 Å². The Kier molecular flexibility index (Phi) is 9.14. The lowest BCUT2D eigenvalue weighted by atomic mass is 9.92. The second-order valence-electron chi connectivity index (χ2n) is 10.6. The summed E-state index contributed by atoms with van der Waals surface area (Å²) in [6.45, 7) is 13.3. The van der Waals surface area contributed by atoms with E-state index >= 15 is 0 Å². The molecule has 0 saturated carbocycles. The fourth-order valence-corrected chi connectivity index (χ4v) is 5.82. The van der Waals surface area contributed by atoms with Gasteiger partial charge in [-0.05, 0) is 82.3 Å². The van der Waals surface area contributed by atoms with Crippen LogP contribution in [0, 0.1) is 24.7 Å². The molecule has 1 aromatic heterocycles. The summed E-state index contributed by atoms with van der Waals surface area (Å²) in [6, 6.07) is 5.39. The molecule has 1 amide bonds. The number of nitrogens with one attached hydrogen (secondary N) is 1. The number of aryl methyl sites for hydroxylation is 1. The first-order valence-electron chi connectivity index (χ1n) is 12.9. The number of halogens is 2. The summed E-state index contributed by atoms with van der Waals surface area (Å²) < 4.78 is 5.90. The predicted octanol–water partition coefficient (Wildman–Crippen LogP) is 5.65. The van der Waals surface area contributed by atoms with Crippen molar-refractivity contribution in [1.29, 1.82) is 0 Å². The monoisotopic (exact) mass is 520 g/mol. The number of nitrogens with zero attached hydrogens (tertiary/aromatic N) is 3. The molecule has 3 heterocycles. The van der Waals surface area contributed by atoms with Crippen LogP contribution in [-0.4, -0.2) is 60.0 Å². The smallest absolute Gasteiger partial charge is 0.226 e. The van der Waals surface area contributed by atoms with Gasteiger partial charge in [0.05, 0.1) is 15.7 Å². The number of carbonyl (C=O) groups is 1. The summed E-state index contributed by atoms with van der Waals surface area (Å²) in [5.41, 5.74) is 1.74. The van der Waals surface area contributed by atoms with Crippen LogP contribution in [0.25, 0.3) is 11.5 Å². The Morgan fingerprint density at radius 1 is 1.11 bits per heavy atom. The van der Waals surface area contributed by atoms with Crippen molar-refractivity contribution in [2.45, 2.75) is 53.0 Å². The predicted molar refractivity (Wildman–Crippen MR) is 142 cm³/mol. The van der Waals surface area contributed by atoms with E-state index in [9.17, 15) is 4.79 Å². The number of amides is 1. The molecule has 1 aromatic carbocycles. The van der Waals surface area contributed by atoms with Crippen molar-refractivity contribution in [3.05, 3.63) is 39.7 Å². The zero-order valence-electron chi connectivity index (χ0n) is 21.2. The molecule has 2 fully saturated rings. The van der Waals surface area contributed by atoms with Crippen molar-refractivity contribution in [2.75, 3.05) is 39.3 Å². The van der Waals surface area contributed by atoms with E-state index in [-0.39, 0.29) is 11.8 Å². The number of piperidine rings is 2. The normalized spacial score (nSPS) is 22.4. The van der Waals surface area contributed by atoms with Crippen molar-refractivity contribution in [3.63, 3.8) is 0 Å². The largest absolute Gasteiger partial charge is 0.441 e. The number of rotatable bonds is 8. The van der Waals surface area contributed by atoms with Gasteiger partial charge in [0, 0.05) is 37.7 Å². The van der Waals surface area contributed by atoms with E-state index in [1.807, 2.05) is 13.0 Å². The van der Waals surface area contributed by atoms with Crippen LogP contribution in [-0.2, 0) is 11.3 Å². The summed E-state index contributed by atoms with van der Waals surface area (Å²) in [7, 11) is 0. The molecule has 1 N–H and O–H groups in total. The summed E-state index contributed by atoms with van der Waals surface area (Å²) in [5, 5.41) is 4.18. The fraction of sp³-hybridized carbons (Fsp3) is 0.630. The standard InChI is InChI=1S/C27H38Cl2N4O2/c1-18-13-19(2)16-33(15-18)10-4-9-30-26(34)21-7-11-32(12-8-21)17-25-20(3)35-27(31-25)22-5-6-23(28)24(29)14-22/h5-6,14,18-19,21H,4,7-13,15-17H2,1-3H3,(H,30,34)/t18-,19+. The molecule has 2 saturated heterocycles. The van der Waals surface area contributed by atoms with Gasteiger partial charge in [0.2, 0.25) is 11.8 Å². The molecule has 192 valence electrons. The van der Waals surface area contributed by atoms with Gasteiger partial charge >= 0.3 is 0 Å². The first-order valence-corrected chi connectivity index (χ1v) is 13.7. The molecule has 35 heavy (non-hydrogen) atoms. The highest BCUT2D eigenvalue weighted by molar-refractivity contribution is 6.42. The highest BCUT2D eigenvalue weighted by Gasteiger charge is 2.26. The van der Waals surface area contributed by atoms with E-state index in [1.165, 1.54) is 19.5 Å². The molecule has 6 nitrogen and oxygen atoms in total. The van der Waals surface area contributed by atoms with Crippen LogP contribution in [0.4, 0.5) is 0 Å². The first kappa shape index (κ1) is 26.5. The minimum Gasteiger partial charge on any atom is -0.441 e. The average molecular weight is 522 g/mol. The van der Waals surface area contributed by atoms with Gasteiger partial charge < -0.3 is 14.6 Å². The lowest BCUT2D eigenvalue weighted by Crippen LogP contribution is -2.42. The van der Waals surface area contributed by atoms with Crippen LogP contribution in [0.15, 0.2) is 22.6 Å². The number of oxazole rings is 1. The Labute approximate surface area is 219 Å². The Morgan fingerprint density at radius 3 is 2.51 bits per heavy atom. The minimum absolute atomic E-state index is 0.103. The average Bonchev–Trinajstić information content (AvgIpc) is 3.18. The van der Waals surface area contributed by atoms with Gasteiger partial charge in [-0.25, -0.2) is 4.98 Å². The maximum Gasteiger partial charge on any atom is 0.226 e. The summed E-state index contributed by atoms with van der Waals surface area (Å²) in [5.74, 6) is 3.24. The molecular formula is C27H38Cl2N4O2. The third-order valence-corrected chi connectivity index (χ3v) is 8.02. The van der Waals surface area contributed by atoms with E-state index in [0.29, 0.717) is 15.9 Å². The lowest BCUT2D eigenvalue weighted by Gasteiger charge is -2.35. The molecule has 8 heteroatoms. The molecule has 0 unspecified atom stereocenters. The minimum atomic E-state index is 0.103. The summed E-state index contributed by atoms with van der Waals surface area (Å²) in [4.78, 5) is 22.3. The maximum absolute atomic E-state index is 12.7. The molecule has 0 bridgehead atoms. The number of carbonyl (C=O) groups excluding carboxylic acids is 1. The number of likely N-dealkylation sites (tertiary alicyclic amines) is 2. The molecule has 0 radical (unpaired) electrons. The quantitative estimate of drug-likeness (QED) is 0.455. The van der Waals surface area contributed by atoms with Crippen LogP contribution < -0.4 is 5.32 Å². The van der Waals surface area contributed by atoms with Crippen molar-refractivity contribution >= 4 is 29.1 Å². The van der Waals surface area contributed by atoms with E-state index in [2.05, 4.69) is 29.0 Å². The number of hydrogen-bond donors (Lipinski definition) is 1. The molecule has 2 aliphatic heterocycles. The van der Waals surface area contributed by atoms with Gasteiger partial charge in [-0.1, -0.05) is 37.0 Å². The molecule has 2 aromatic rings. The van der Waals surface area contributed by atoms with Crippen LogP contribution >= 0.6 is 23.2 Å². The summed E-state index contributed by atoms with van der Waals surface area (Å²) >= 11 is 12.2. The van der Waals surface area contributed by atoms with Crippen molar-refractivity contribution in [3.8, 4) is 11.5 Å². The first-order chi connectivity index (χ1) is 16.8. The molecule has 0 spiro atoms. The number of aromatic nitrogens is 1. The zero-order valence-corrected chi connectivity index (χ0v) is 22.7. The van der Waals surface area contributed by atoms with Gasteiger partial charge in [-0.2, -0.15) is 0 Å². The van der Waals surface area contributed by atoms with Crippen LogP contribution in [0.2, 0.25) is 10.0 Å². The van der Waals surface area contributed by atoms with Gasteiger partial charge in [0.25, 0.3) is 0 Å². The van der Waals surface area contributed by atoms with Crippen molar-refractivity contribution < 1.29 is 9.21 Å². The lowest BCUT2D eigenvalue weighted by molar-refractivity contribution is -0.126. The third kappa shape index (κ3) is 7.22. The van der Waals surface area contributed by atoms with E-state index < -0.39 is 0 Å².